The van der Waals surface area contributed by atoms with Gasteiger partial charge in [-0.25, -0.2) is 0 Å². The maximum Gasteiger partial charge on any atom is 0.303 e. The molecule has 0 fully saturated rings. The molecule has 0 aliphatic rings. The molecule has 0 saturated heterocycles. The van der Waals surface area contributed by atoms with Gasteiger partial charge in [0.05, 0.1) is 0 Å². The second-order valence-electron chi connectivity index (χ2n) is 11.0. The lowest BCUT2D eigenvalue weighted by molar-refractivity contribution is -0.137. The molecule has 2 nitrogen and oxygen atoms in total. The largest absolute Gasteiger partial charge is 0.481 e. The fourth-order valence-electron chi connectivity index (χ4n) is 3.95. The Morgan fingerprint density at radius 2 is 0.862 bits per heavy atom. The quantitative estimate of drug-likeness (QED) is 0.197. The van der Waals surface area contributed by atoms with Gasteiger partial charge in [0.2, 0.25) is 15.2 Å². The molecule has 1 radical (unpaired) electrons. The molecule has 0 rings (SSSR count). The van der Waals surface area contributed by atoms with E-state index in [1.165, 1.54) is 83.5 Å². The van der Waals surface area contributed by atoms with Crippen LogP contribution in [0.3, 0.4) is 0 Å². The van der Waals surface area contributed by atoms with Gasteiger partial charge in [0.1, 0.15) is 0 Å². The van der Waals surface area contributed by atoms with Crippen LogP contribution in [0.5, 0.6) is 0 Å². The Hall–Kier alpha value is 0.00247. The predicted molar refractivity (Wildman–Crippen MR) is 132 cm³/mol. The Kier molecular flexibility index (Phi) is 21.4. The van der Waals surface area contributed by atoms with Crippen molar-refractivity contribution in [2.45, 2.75) is 160 Å². The first-order valence-corrected chi connectivity index (χ1v) is 13.7. The van der Waals surface area contributed by atoms with Crippen molar-refractivity contribution in [3.8, 4) is 0 Å². The number of carboxylic acid groups (broad SMARTS) is 1. The predicted octanol–water partition coefficient (Wildman–Crippen LogP) is 9.46. The van der Waals surface area contributed by atoms with Crippen LogP contribution < -0.4 is 0 Å². The van der Waals surface area contributed by atoms with E-state index < -0.39 is 5.97 Å². The van der Waals surface area contributed by atoms with Crippen molar-refractivity contribution in [3.05, 3.63) is 0 Å². The SMILES string of the molecule is CCCCCCCCCCCCCCCCCC(=O)O.C[C](C)(C)[Al][C](C)(C)C. The molecule has 0 aromatic heterocycles. The second kappa shape index (κ2) is 19.9. The zero-order valence-electron chi connectivity index (χ0n) is 21.2. The van der Waals surface area contributed by atoms with Crippen LogP contribution in [0.1, 0.15) is 151 Å². The highest BCUT2D eigenvalue weighted by atomic mass is 27.1. The Labute approximate surface area is 190 Å². The molecule has 0 unspecified atom stereocenters. The highest BCUT2D eigenvalue weighted by molar-refractivity contribution is 6.43. The highest BCUT2D eigenvalue weighted by Gasteiger charge is 2.22. The minimum absolute atomic E-state index is 0.345. The lowest BCUT2D eigenvalue weighted by atomic mass is 10.0. The number of aliphatic carboxylic acids is 1. The van der Waals surface area contributed by atoms with Gasteiger partial charge in [-0.15, -0.1) is 0 Å². The van der Waals surface area contributed by atoms with E-state index in [0.717, 1.165) is 12.8 Å². The van der Waals surface area contributed by atoms with E-state index in [4.69, 9.17) is 5.11 Å². The maximum atomic E-state index is 10.3. The zero-order valence-corrected chi connectivity index (χ0v) is 22.4. The standard InChI is InChI=1S/C18H36O2.2C4H9.Al/c1-2-3-4-5-6-7-8-9-10-11-12-13-14-15-16-17-18(19)20;2*1-4(2)3;/h2-17H2,1H3,(H,19,20);2*1-3H3;. The number of unbranched alkanes of at least 4 members (excludes halogenated alkanes) is 14. The molecule has 1 N–H and O–H groups in total. The summed E-state index contributed by atoms with van der Waals surface area (Å²) in [6.45, 7) is 16.2. The molecule has 29 heavy (non-hydrogen) atoms. The average molecular weight is 426 g/mol. The van der Waals surface area contributed by atoms with Crippen molar-refractivity contribution in [1.29, 1.82) is 0 Å². The fourth-order valence-corrected chi connectivity index (χ4v) is 6.54. The lowest BCUT2D eigenvalue weighted by Crippen LogP contribution is -2.18. The molecular formula is C26H54AlO2. The molecule has 0 aliphatic carbocycles. The third kappa shape index (κ3) is 35.8. The average Bonchev–Trinajstić information content (AvgIpc) is 2.55. The van der Waals surface area contributed by atoms with Crippen LogP contribution in [-0.4, -0.2) is 26.3 Å². The lowest BCUT2D eigenvalue weighted by Gasteiger charge is -2.26. The van der Waals surface area contributed by atoms with E-state index in [1.54, 1.807) is 0 Å². The molecule has 3 heteroatoms. The molecular weight excluding hydrogens is 371 g/mol. The van der Waals surface area contributed by atoms with Crippen LogP contribution in [0.2, 0.25) is 8.55 Å². The van der Waals surface area contributed by atoms with Gasteiger partial charge in [-0.3, -0.25) is 4.79 Å². The van der Waals surface area contributed by atoms with Crippen molar-refractivity contribution in [3.63, 3.8) is 0 Å². The molecule has 0 heterocycles. The summed E-state index contributed by atoms with van der Waals surface area (Å²) in [7, 11) is 0. The van der Waals surface area contributed by atoms with E-state index in [2.05, 4.69) is 48.5 Å². The van der Waals surface area contributed by atoms with Gasteiger partial charge in [-0.1, -0.05) is 147 Å². The summed E-state index contributed by atoms with van der Waals surface area (Å²) in [5, 5.41) is 8.52. The minimum Gasteiger partial charge on any atom is -0.481 e. The fraction of sp³-hybridized carbons (Fsp3) is 0.962. The third-order valence-electron chi connectivity index (χ3n) is 4.86. The number of hydrogen-bond donors (Lipinski definition) is 1. The zero-order chi connectivity index (χ0) is 22.6. The molecule has 0 aliphatic heterocycles. The summed E-state index contributed by atoms with van der Waals surface area (Å²) < 4.78 is 1.14. The first kappa shape index (κ1) is 31.2. The number of carbonyl (C=O) groups is 1. The third-order valence-corrected chi connectivity index (χ3v) is 6.59. The van der Waals surface area contributed by atoms with Crippen LogP contribution in [0.4, 0.5) is 0 Å². The summed E-state index contributed by atoms with van der Waals surface area (Å²) in [6, 6.07) is 0. The first-order valence-electron chi connectivity index (χ1n) is 12.6. The Morgan fingerprint density at radius 1 is 0.586 bits per heavy atom. The van der Waals surface area contributed by atoms with Gasteiger partial charge in [-0.2, -0.15) is 0 Å². The second-order valence-corrected chi connectivity index (χ2v) is 14.7. The Bertz CT molecular complexity index is 341. The van der Waals surface area contributed by atoms with Crippen molar-refractivity contribution >= 4 is 21.2 Å². The van der Waals surface area contributed by atoms with Gasteiger partial charge < -0.3 is 5.11 Å². The molecule has 173 valence electrons. The van der Waals surface area contributed by atoms with Gasteiger partial charge >= 0.3 is 5.97 Å². The van der Waals surface area contributed by atoms with E-state index in [-0.39, 0.29) is 0 Å². The highest BCUT2D eigenvalue weighted by Crippen LogP contribution is 2.33. The maximum absolute atomic E-state index is 10.3. The number of rotatable bonds is 16. The van der Waals surface area contributed by atoms with E-state index in [9.17, 15) is 4.79 Å². The van der Waals surface area contributed by atoms with Crippen LogP contribution in [0, 0.1) is 0 Å². The normalized spacial score (nSPS) is 11.7. The summed E-state index contributed by atoms with van der Waals surface area (Å²) in [5.41, 5.74) is 0. The Morgan fingerprint density at radius 3 is 1.07 bits per heavy atom. The molecule has 0 amide bonds. The Balaban J connectivity index is 0. The van der Waals surface area contributed by atoms with Gasteiger partial charge in [0.15, 0.2) is 0 Å². The summed E-state index contributed by atoms with van der Waals surface area (Å²) >= 11 is 0.569. The van der Waals surface area contributed by atoms with E-state index in [1.807, 2.05) is 0 Å². The van der Waals surface area contributed by atoms with Crippen molar-refractivity contribution < 1.29 is 9.90 Å². The molecule has 0 aromatic carbocycles. The number of hydrogen-bond acceptors (Lipinski definition) is 1. The van der Waals surface area contributed by atoms with Gasteiger partial charge in [0, 0.05) is 6.42 Å². The molecule has 0 atom stereocenters. The van der Waals surface area contributed by atoms with Crippen LogP contribution >= 0.6 is 0 Å². The summed E-state index contributed by atoms with van der Waals surface area (Å²) in [6.07, 6.45) is 20.2. The summed E-state index contributed by atoms with van der Waals surface area (Å²) in [5.74, 6) is -0.653. The van der Waals surface area contributed by atoms with Crippen LogP contribution in [0.15, 0.2) is 0 Å². The molecule has 0 saturated carbocycles. The van der Waals surface area contributed by atoms with Crippen LogP contribution in [-0.2, 0) is 4.79 Å². The monoisotopic (exact) mass is 425 g/mol. The van der Waals surface area contributed by atoms with E-state index >= 15 is 0 Å². The van der Waals surface area contributed by atoms with Gasteiger partial charge in [-0.05, 0) is 6.42 Å². The van der Waals surface area contributed by atoms with Crippen LogP contribution in [0.25, 0.3) is 0 Å². The van der Waals surface area contributed by atoms with E-state index in [0.29, 0.717) is 30.2 Å². The summed E-state index contributed by atoms with van der Waals surface area (Å²) in [4.78, 5) is 10.3. The molecule has 0 spiro atoms. The topological polar surface area (TPSA) is 37.3 Å². The number of carboxylic acids is 1. The van der Waals surface area contributed by atoms with Crippen molar-refractivity contribution in [1.82, 2.24) is 0 Å². The molecule has 0 aromatic rings. The minimum atomic E-state index is -0.653. The molecule has 0 bridgehead atoms. The van der Waals surface area contributed by atoms with Gasteiger partial charge in [0.25, 0.3) is 0 Å². The van der Waals surface area contributed by atoms with Crippen molar-refractivity contribution in [2.75, 3.05) is 0 Å². The smallest absolute Gasteiger partial charge is 0.303 e. The first-order chi connectivity index (χ1) is 13.5. The van der Waals surface area contributed by atoms with Crippen molar-refractivity contribution in [2.24, 2.45) is 0 Å².